The third kappa shape index (κ3) is 3.46. The minimum Gasteiger partial charge on any atom is -0.328 e. The fourth-order valence-corrected chi connectivity index (χ4v) is 1.38. The molecule has 0 radical (unpaired) electrons. The second-order valence-electron chi connectivity index (χ2n) is 2.79. The zero-order valence-corrected chi connectivity index (χ0v) is 7.13. The van der Waals surface area contributed by atoms with Crippen molar-refractivity contribution in [3.8, 4) is 0 Å². The van der Waals surface area contributed by atoms with E-state index in [0.29, 0.717) is 0 Å². The maximum Gasteiger partial charge on any atom is 0.0388 e. The highest BCUT2D eigenvalue weighted by Crippen LogP contribution is 2.19. The highest BCUT2D eigenvalue weighted by molar-refractivity contribution is 5.85. The lowest BCUT2D eigenvalue weighted by Gasteiger charge is -2.22. The number of hydrogen-bond acceptors (Lipinski definition) is 2. The highest BCUT2D eigenvalue weighted by Gasteiger charge is 2.17. The largest absolute Gasteiger partial charge is 0.328 e. The molecular formula is C6H13ClN4. The Morgan fingerprint density at radius 3 is 2.73 bits per heavy atom. The molecule has 1 aliphatic rings. The SMILES string of the molecule is Cl.[N-]=[N+]=N[C@H]1CCC[C@@H](N)C1. The van der Waals surface area contributed by atoms with Gasteiger partial charge < -0.3 is 5.73 Å². The van der Waals surface area contributed by atoms with Gasteiger partial charge in [-0.05, 0) is 24.8 Å². The van der Waals surface area contributed by atoms with Crippen LogP contribution < -0.4 is 5.73 Å². The van der Waals surface area contributed by atoms with E-state index in [9.17, 15) is 0 Å². The third-order valence-electron chi connectivity index (χ3n) is 1.90. The Balaban J connectivity index is 0.000001000. The standard InChI is InChI=1S/C6H12N4.ClH/c7-5-2-1-3-6(4-5)9-10-8;/h5-6H,1-4,7H2;1H/t5-,6+;/m1./s1. The average Bonchev–Trinajstić information content (AvgIpc) is 1.88. The summed E-state index contributed by atoms with van der Waals surface area (Å²) in [5.41, 5.74) is 13.8. The smallest absolute Gasteiger partial charge is 0.0388 e. The van der Waals surface area contributed by atoms with Crippen molar-refractivity contribution >= 4 is 12.4 Å². The molecule has 0 aliphatic heterocycles. The topological polar surface area (TPSA) is 74.8 Å². The van der Waals surface area contributed by atoms with Gasteiger partial charge in [0.05, 0.1) is 0 Å². The van der Waals surface area contributed by atoms with Gasteiger partial charge in [-0.25, -0.2) is 0 Å². The number of azide groups is 1. The van der Waals surface area contributed by atoms with Crippen LogP contribution in [0.1, 0.15) is 25.7 Å². The summed E-state index contributed by atoms with van der Waals surface area (Å²) in [6.45, 7) is 0. The summed E-state index contributed by atoms with van der Waals surface area (Å²) in [5, 5.41) is 3.63. The zero-order chi connectivity index (χ0) is 7.40. The van der Waals surface area contributed by atoms with E-state index in [0.717, 1.165) is 25.7 Å². The summed E-state index contributed by atoms with van der Waals surface area (Å²) in [7, 11) is 0. The minimum absolute atomic E-state index is 0. The predicted molar refractivity (Wildman–Crippen MR) is 46.6 cm³/mol. The molecule has 1 fully saturated rings. The van der Waals surface area contributed by atoms with Gasteiger partial charge in [0.1, 0.15) is 0 Å². The molecule has 1 rings (SSSR count). The van der Waals surface area contributed by atoms with Crippen molar-refractivity contribution in [2.75, 3.05) is 0 Å². The van der Waals surface area contributed by atoms with E-state index in [1.165, 1.54) is 0 Å². The van der Waals surface area contributed by atoms with Gasteiger partial charge in [-0.2, -0.15) is 0 Å². The first-order chi connectivity index (χ1) is 4.83. The van der Waals surface area contributed by atoms with E-state index < -0.39 is 0 Å². The number of rotatable bonds is 1. The number of nitrogens with two attached hydrogens (primary N) is 1. The molecule has 0 unspecified atom stereocenters. The van der Waals surface area contributed by atoms with Gasteiger partial charge in [0.25, 0.3) is 0 Å². The van der Waals surface area contributed by atoms with Crippen LogP contribution in [0.25, 0.3) is 10.4 Å². The summed E-state index contributed by atoms with van der Waals surface area (Å²) >= 11 is 0. The van der Waals surface area contributed by atoms with Gasteiger partial charge >= 0.3 is 0 Å². The van der Waals surface area contributed by atoms with Gasteiger partial charge in [0.15, 0.2) is 0 Å². The maximum atomic E-state index is 8.12. The van der Waals surface area contributed by atoms with E-state index in [4.69, 9.17) is 11.3 Å². The Bertz CT molecular complexity index is 155. The highest BCUT2D eigenvalue weighted by atomic mass is 35.5. The van der Waals surface area contributed by atoms with E-state index >= 15 is 0 Å². The van der Waals surface area contributed by atoms with Crippen molar-refractivity contribution in [2.24, 2.45) is 10.8 Å². The third-order valence-corrected chi connectivity index (χ3v) is 1.90. The molecule has 0 spiro atoms. The molecule has 1 aliphatic carbocycles. The van der Waals surface area contributed by atoms with Crippen molar-refractivity contribution in [1.29, 1.82) is 0 Å². The van der Waals surface area contributed by atoms with E-state index in [1.54, 1.807) is 0 Å². The number of halogens is 1. The molecule has 0 aromatic rings. The summed E-state index contributed by atoms with van der Waals surface area (Å²) in [4.78, 5) is 2.76. The fraction of sp³-hybridized carbons (Fsp3) is 1.00. The maximum absolute atomic E-state index is 8.12. The lowest BCUT2D eigenvalue weighted by molar-refractivity contribution is 0.392. The molecule has 1 saturated carbocycles. The van der Waals surface area contributed by atoms with Gasteiger partial charge in [0.2, 0.25) is 0 Å². The molecule has 0 bridgehead atoms. The molecule has 0 aromatic carbocycles. The molecule has 5 heteroatoms. The minimum atomic E-state index is 0. The Morgan fingerprint density at radius 2 is 2.18 bits per heavy atom. The monoisotopic (exact) mass is 176 g/mol. The van der Waals surface area contributed by atoms with Gasteiger partial charge in [-0.1, -0.05) is 11.5 Å². The van der Waals surface area contributed by atoms with Crippen molar-refractivity contribution in [1.82, 2.24) is 0 Å². The molecule has 64 valence electrons. The van der Waals surface area contributed by atoms with Crippen LogP contribution in [0.2, 0.25) is 0 Å². The summed E-state index contributed by atoms with van der Waals surface area (Å²) < 4.78 is 0. The summed E-state index contributed by atoms with van der Waals surface area (Å²) in [6, 6.07) is 0.415. The molecule has 0 saturated heterocycles. The number of nitrogens with zero attached hydrogens (tertiary/aromatic N) is 3. The second-order valence-corrected chi connectivity index (χ2v) is 2.79. The normalized spacial score (nSPS) is 29.9. The van der Waals surface area contributed by atoms with Crippen molar-refractivity contribution in [3.05, 3.63) is 10.4 Å². The van der Waals surface area contributed by atoms with Crippen LogP contribution in [0, 0.1) is 0 Å². The molecule has 2 atom stereocenters. The lowest BCUT2D eigenvalue weighted by atomic mass is 9.92. The Hall–Kier alpha value is -0.440. The van der Waals surface area contributed by atoms with Crippen molar-refractivity contribution < 1.29 is 0 Å². The van der Waals surface area contributed by atoms with Crippen LogP contribution >= 0.6 is 12.4 Å². The van der Waals surface area contributed by atoms with Crippen molar-refractivity contribution in [2.45, 2.75) is 37.8 Å². The van der Waals surface area contributed by atoms with Gasteiger partial charge in [0, 0.05) is 17.0 Å². The second kappa shape index (κ2) is 5.24. The first-order valence-corrected chi connectivity index (χ1v) is 3.62. The Kier molecular flexibility index (Phi) is 5.03. The van der Waals surface area contributed by atoms with Crippen LogP contribution in [0.3, 0.4) is 0 Å². The van der Waals surface area contributed by atoms with Crippen LogP contribution in [-0.4, -0.2) is 12.1 Å². The molecule has 0 amide bonds. The van der Waals surface area contributed by atoms with Gasteiger partial charge in [-0.3, -0.25) is 0 Å². The summed E-state index contributed by atoms with van der Waals surface area (Å²) in [6.07, 6.45) is 4.06. The molecule has 4 nitrogen and oxygen atoms in total. The summed E-state index contributed by atoms with van der Waals surface area (Å²) in [5.74, 6) is 0. The number of hydrogen-bond donors (Lipinski definition) is 1. The van der Waals surface area contributed by atoms with E-state index in [2.05, 4.69) is 10.0 Å². The molecule has 0 aromatic heterocycles. The lowest BCUT2D eigenvalue weighted by Crippen LogP contribution is -2.29. The molecule has 11 heavy (non-hydrogen) atoms. The Morgan fingerprint density at radius 1 is 1.45 bits per heavy atom. The van der Waals surface area contributed by atoms with E-state index in [-0.39, 0.29) is 24.5 Å². The molecular weight excluding hydrogens is 164 g/mol. The zero-order valence-electron chi connectivity index (χ0n) is 6.31. The Labute approximate surface area is 72.2 Å². The fourth-order valence-electron chi connectivity index (χ4n) is 1.38. The van der Waals surface area contributed by atoms with Crippen LogP contribution in [0.4, 0.5) is 0 Å². The van der Waals surface area contributed by atoms with Gasteiger partial charge in [-0.15, -0.1) is 12.4 Å². The molecule has 0 heterocycles. The van der Waals surface area contributed by atoms with Crippen LogP contribution in [0.5, 0.6) is 0 Å². The molecule has 2 N–H and O–H groups in total. The predicted octanol–water partition coefficient (Wildman–Crippen LogP) is 1.99. The first kappa shape index (κ1) is 10.6. The van der Waals surface area contributed by atoms with Crippen molar-refractivity contribution in [3.63, 3.8) is 0 Å². The quantitative estimate of drug-likeness (QED) is 0.370. The average molecular weight is 177 g/mol. The first-order valence-electron chi connectivity index (χ1n) is 3.62. The van der Waals surface area contributed by atoms with Crippen LogP contribution in [-0.2, 0) is 0 Å². The van der Waals surface area contributed by atoms with E-state index in [1.807, 2.05) is 0 Å². The van der Waals surface area contributed by atoms with Crippen LogP contribution in [0.15, 0.2) is 5.11 Å².